The van der Waals surface area contributed by atoms with Crippen LogP contribution in [-0.2, 0) is 20.8 Å². The summed E-state index contributed by atoms with van der Waals surface area (Å²) in [5.74, 6) is 1.24. The van der Waals surface area contributed by atoms with E-state index in [9.17, 15) is 4.79 Å². The third-order valence-electron chi connectivity index (χ3n) is 5.86. The van der Waals surface area contributed by atoms with Gasteiger partial charge >= 0.3 is 0 Å². The molecule has 180 valence electrons. The van der Waals surface area contributed by atoms with E-state index in [1.165, 1.54) is 0 Å². The van der Waals surface area contributed by atoms with Crippen molar-refractivity contribution in [2.45, 2.75) is 45.4 Å². The maximum Gasteiger partial charge on any atom is 0.253 e. The number of carbonyl (C=O) groups is 1. The maximum atomic E-state index is 12.3. The molecule has 32 heavy (non-hydrogen) atoms. The topological polar surface area (TPSA) is 87.2 Å². The van der Waals surface area contributed by atoms with Gasteiger partial charge in [-0.3, -0.25) is 14.7 Å². The second-order valence-electron chi connectivity index (χ2n) is 8.46. The second-order valence-corrected chi connectivity index (χ2v) is 8.46. The fraction of sp³-hybridized carbons (Fsp3) is 0.652. The van der Waals surface area contributed by atoms with E-state index in [4.69, 9.17) is 9.47 Å². The van der Waals surface area contributed by atoms with E-state index in [-0.39, 0.29) is 36.0 Å². The summed E-state index contributed by atoms with van der Waals surface area (Å²) >= 11 is 0. The van der Waals surface area contributed by atoms with E-state index < -0.39 is 0 Å². The quantitative estimate of drug-likeness (QED) is 0.258. The molecule has 3 N–H and O–H groups in total. The van der Waals surface area contributed by atoms with Crippen molar-refractivity contribution < 1.29 is 14.3 Å². The number of hydrogen-bond acceptors (Lipinski definition) is 5. The average Bonchev–Trinajstić information content (AvgIpc) is 3.32. The number of hydrogen-bond donors (Lipinski definition) is 3. The molecule has 0 saturated carbocycles. The summed E-state index contributed by atoms with van der Waals surface area (Å²) in [4.78, 5) is 19.1. The molecule has 2 aliphatic heterocycles. The number of nitrogens with one attached hydrogen (secondary N) is 3. The van der Waals surface area contributed by atoms with Crippen LogP contribution in [0.3, 0.4) is 0 Å². The van der Waals surface area contributed by atoms with Crippen LogP contribution in [0.25, 0.3) is 0 Å². The zero-order valence-corrected chi connectivity index (χ0v) is 21.8. The van der Waals surface area contributed by atoms with Crippen molar-refractivity contribution in [1.82, 2.24) is 15.5 Å². The Labute approximate surface area is 208 Å². The molecule has 0 bridgehead atoms. The van der Waals surface area contributed by atoms with Gasteiger partial charge in [0.1, 0.15) is 6.10 Å². The normalized spacial score (nSPS) is 20.5. The smallest absolute Gasteiger partial charge is 0.253 e. The fourth-order valence-electron chi connectivity index (χ4n) is 4.07. The lowest BCUT2D eigenvalue weighted by molar-refractivity contribution is -0.124. The predicted molar refractivity (Wildman–Crippen MR) is 139 cm³/mol. The van der Waals surface area contributed by atoms with Crippen LogP contribution in [0, 0.1) is 5.92 Å². The summed E-state index contributed by atoms with van der Waals surface area (Å²) in [5, 5.41) is 9.81. The van der Waals surface area contributed by atoms with Crippen molar-refractivity contribution in [2.75, 3.05) is 51.8 Å². The number of nitrogens with zero attached hydrogens (tertiary/aromatic N) is 2. The lowest BCUT2D eigenvalue weighted by Crippen LogP contribution is -2.52. The maximum absolute atomic E-state index is 12.3. The molecule has 1 amide bonds. The Kier molecular flexibility index (Phi) is 11.7. The third kappa shape index (κ3) is 8.17. The van der Waals surface area contributed by atoms with Crippen molar-refractivity contribution in [3.63, 3.8) is 0 Å². The van der Waals surface area contributed by atoms with Gasteiger partial charge in [-0.2, -0.15) is 0 Å². The Balaban J connectivity index is 0.00000363. The van der Waals surface area contributed by atoms with E-state index in [2.05, 4.69) is 39.7 Å². The first-order valence-electron chi connectivity index (χ1n) is 11.3. The zero-order chi connectivity index (χ0) is 22.1. The molecule has 3 rings (SSSR count). The first-order valence-corrected chi connectivity index (χ1v) is 11.3. The number of halogens is 1. The third-order valence-corrected chi connectivity index (χ3v) is 5.86. The molecule has 2 fully saturated rings. The molecule has 1 aromatic rings. The molecule has 9 heteroatoms. The highest BCUT2D eigenvalue weighted by molar-refractivity contribution is 14.0. The Morgan fingerprint density at radius 2 is 2.00 bits per heavy atom. The van der Waals surface area contributed by atoms with Crippen molar-refractivity contribution in [3.8, 4) is 0 Å². The molecule has 1 aromatic carbocycles. The van der Waals surface area contributed by atoms with Gasteiger partial charge in [-0.1, -0.05) is 26.0 Å². The van der Waals surface area contributed by atoms with Crippen LogP contribution in [-0.4, -0.2) is 75.4 Å². The number of amides is 1. The van der Waals surface area contributed by atoms with Gasteiger partial charge in [0.15, 0.2) is 5.96 Å². The van der Waals surface area contributed by atoms with Crippen LogP contribution in [0.4, 0.5) is 5.69 Å². The summed E-state index contributed by atoms with van der Waals surface area (Å²) in [6.07, 6.45) is 1.40. The Morgan fingerprint density at radius 1 is 1.22 bits per heavy atom. The lowest BCUT2D eigenvalue weighted by atomic mass is 10.0. The Bertz CT molecular complexity index is 734. The van der Waals surface area contributed by atoms with E-state index in [1.54, 1.807) is 7.05 Å². The minimum Gasteiger partial charge on any atom is -0.379 e. The summed E-state index contributed by atoms with van der Waals surface area (Å²) in [7, 11) is 1.78. The SMILES string of the molecule is CN=C(NCc1cccc(NC(=O)C2CCCO2)c1)NCC(C(C)C)N1CCOCC1.I. The van der Waals surface area contributed by atoms with E-state index in [1.807, 2.05) is 24.3 Å². The zero-order valence-electron chi connectivity index (χ0n) is 19.4. The first kappa shape index (κ1) is 26.8. The minimum atomic E-state index is -0.329. The van der Waals surface area contributed by atoms with E-state index >= 15 is 0 Å². The van der Waals surface area contributed by atoms with Crippen molar-refractivity contribution in [2.24, 2.45) is 10.9 Å². The van der Waals surface area contributed by atoms with Crippen molar-refractivity contribution >= 4 is 41.5 Å². The molecule has 2 unspecified atom stereocenters. The van der Waals surface area contributed by atoms with Gasteiger partial charge in [-0.15, -0.1) is 24.0 Å². The van der Waals surface area contributed by atoms with Crippen LogP contribution in [0.5, 0.6) is 0 Å². The molecular formula is C23H38IN5O3. The Hall–Kier alpha value is -1.43. The molecular weight excluding hydrogens is 521 g/mol. The molecule has 2 heterocycles. The van der Waals surface area contributed by atoms with Gasteiger partial charge in [0.2, 0.25) is 0 Å². The number of anilines is 1. The van der Waals surface area contributed by atoms with E-state index in [0.29, 0.717) is 25.1 Å². The standard InChI is InChI=1S/C23H37N5O3.HI/c1-17(2)20(28-9-12-30-13-10-28)16-26-23(24-3)25-15-18-6-4-7-19(14-18)27-22(29)21-8-5-11-31-21;/h4,6-7,14,17,20-21H,5,8-13,15-16H2,1-3H3,(H,27,29)(H2,24,25,26);1H. The first-order chi connectivity index (χ1) is 15.1. The molecule has 0 spiro atoms. The van der Waals surface area contributed by atoms with Crippen molar-refractivity contribution in [1.29, 1.82) is 0 Å². The molecule has 0 aromatic heterocycles. The highest BCUT2D eigenvalue weighted by Crippen LogP contribution is 2.16. The number of guanidine groups is 1. The van der Waals surface area contributed by atoms with Gasteiger partial charge in [-0.05, 0) is 36.5 Å². The number of ether oxygens (including phenoxy) is 2. The predicted octanol–water partition coefficient (Wildman–Crippen LogP) is 2.44. The average molecular weight is 559 g/mol. The van der Waals surface area contributed by atoms with Gasteiger partial charge in [-0.25, -0.2) is 0 Å². The summed E-state index contributed by atoms with van der Waals surface area (Å²) in [6, 6.07) is 8.30. The van der Waals surface area contributed by atoms with Gasteiger partial charge in [0.05, 0.1) is 13.2 Å². The van der Waals surface area contributed by atoms with Gasteiger partial charge in [0, 0.05) is 51.6 Å². The largest absolute Gasteiger partial charge is 0.379 e. The summed E-state index contributed by atoms with van der Waals surface area (Å²) in [6.45, 7) is 10.2. The number of morpholine rings is 1. The molecule has 2 aliphatic rings. The molecule has 2 atom stereocenters. The van der Waals surface area contributed by atoms with Crippen LogP contribution in [0.2, 0.25) is 0 Å². The van der Waals surface area contributed by atoms with Crippen molar-refractivity contribution in [3.05, 3.63) is 29.8 Å². The molecule has 0 aliphatic carbocycles. The number of carbonyl (C=O) groups excluding carboxylic acids is 1. The minimum absolute atomic E-state index is 0. The number of benzene rings is 1. The van der Waals surface area contributed by atoms with Crippen LogP contribution >= 0.6 is 24.0 Å². The van der Waals surface area contributed by atoms with Crippen LogP contribution in [0.15, 0.2) is 29.3 Å². The Morgan fingerprint density at radius 3 is 2.66 bits per heavy atom. The number of aliphatic imine (C=N–C) groups is 1. The van der Waals surface area contributed by atoms with E-state index in [0.717, 1.165) is 62.9 Å². The highest BCUT2D eigenvalue weighted by atomic mass is 127. The molecule has 2 saturated heterocycles. The monoisotopic (exact) mass is 559 g/mol. The summed E-state index contributed by atoms with van der Waals surface area (Å²) < 4.78 is 11.0. The van der Waals surface area contributed by atoms with Gasteiger partial charge in [0.25, 0.3) is 5.91 Å². The second kappa shape index (κ2) is 14.0. The van der Waals surface area contributed by atoms with Crippen LogP contribution < -0.4 is 16.0 Å². The lowest BCUT2D eigenvalue weighted by Gasteiger charge is -2.37. The van der Waals surface area contributed by atoms with Gasteiger partial charge < -0.3 is 25.4 Å². The fourth-order valence-corrected chi connectivity index (χ4v) is 4.07. The molecule has 0 radical (unpaired) electrons. The molecule has 8 nitrogen and oxygen atoms in total. The summed E-state index contributed by atoms with van der Waals surface area (Å²) in [5.41, 5.74) is 1.86. The number of rotatable bonds is 8. The van der Waals surface area contributed by atoms with Crippen LogP contribution in [0.1, 0.15) is 32.3 Å². The highest BCUT2D eigenvalue weighted by Gasteiger charge is 2.24.